The van der Waals surface area contributed by atoms with E-state index in [-0.39, 0.29) is 17.9 Å². The van der Waals surface area contributed by atoms with Crippen molar-refractivity contribution in [3.8, 4) is 0 Å². The molecule has 5 nitrogen and oxygen atoms in total. The van der Waals surface area contributed by atoms with Gasteiger partial charge in [0.15, 0.2) is 0 Å². The van der Waals surface area contributed by atoms with Gasteiger partial charge in [0.1, 0.15) is 17.7 Å². The van der Waals surface area contributed by atoms with Gasteiger partial charge < -0.3 is 9.52 Å². The summed E-state index contributed by atoms with van der Waals surface area (Å²) in [6.45, 7) is 0.0146. The molecule has 0 saturated carbocycles. The van der Waals surface area contributed by atoms with Gasteiger partial charge >= 0.3 is 0 Å². The molecule has 0 saturated heterocycles. The van der Waals surface area contributed by atoms with E-state index in [0.29, 0.717) is 5.76 Å². The fraction of sp³-hybridized carbons (Fsp3) is 0.231. The summed E-state index contributed by atoms with van der Waals surface area (Å²) in [6.07, 6.45) is 0.692. The molecule has 0 spiro atoms. The van der Waals surface area contributed by atoms with Gasteiger partial charge in [-0.3, -0.25) is 0 Å². The Bertz CT molecular complexity index is 655. The molecular formula is C13H14FNO4S. The summed E-state index contributed by atoms with van der Waals surface area (Å²) >= 11 is 0. The minimum absolute atomic E-state index is 0.0146. The fourth-order valence-electron chi connectivity index (χ4n) is 1.67. The molecular weight excluding hydrogens is 285 g/mol. The Labute approximate surface area is 116 Å². The lowest BCUT2D eigenvalue weighted by molar-refractivity contribution is 0.142. The molecule has 0 bridgehead atoms. The van der Waals surface area contributed by atoms with E-state index in [2.05, 4.69) is 4.72 Å². The summed E-state index contributed by atoms with van der Waals surface area (Å²) < 4.78 is 44.0. The highest BCUT2D eigenvalue weighted by Gasteiger charge is 2.16. The lowest BCUT2D eigenvalue weighted by Gasteiger charge is -2.09. The molecule has 1 atom stereocenters. The van der Waals surface area contributed by atoms with Gasteiger partial charge in [0.2, 0.25) is 10.0 Å². The monoisotopic (exact) mass is 299 g/mol. The number of nitrogens with one attached hydrogen (secondary N) is 1. The van der Waals surface area contributed by atoms with Crippen LogP contribution in [-0.4, -0.2) is 20.1 Å². The van der Waals surface area contributed by atoms with Crippen LogP contribution in [0.3, 0.4) is 0 Å². The summed E-state index contributed by atoms with van der Waals surface area (Å²) in [5.41, 5.74) is 0. The molecule has 7 heteroatoms. The Hall–Kier alpha value is -1.70. The van der Waals surface area contributed by atoms with E-state index >= 15 is 0 Å². The number of sulfonamides is 1. The van der Waals surface area contributed by atoms with Crippen molar-refractivity contribution in [1.82, 2.24) is 4.72 Å². The quantitative estimate of drug-likeness (QED) is 0.852. The maximum Gasteiger partial charge on any atom is 0.240 e. The van der Waals surface area contributed by atoms with E-state index in [1.807, 2.05) is 0 Å². The molecule has 0 radical (unpaired) electrons. The van der Waals surface area contributed by atoms with E-state index in [4.69, 9.17) is 4.42 Å². The number of hydrogen-bond donors (Lipinski definition) is 2. The molecule has 20 heavy (non-hydrogen) atoms. The van der Waals surface area contributed by atoms with Crippen molar-refractivity contribution in [3.05, 3.63) is 54.2 Å². The molecule has 1 heterocycles. The van der Waals surface area contributed by atoms with Gasteiger partial charge in [0.05, 0.1) is 11.2 Å². The van der Waals surface area contributed by atoms with Gasteiger partial charge in [0.25, 0.3) is 0 Å². The molecule has 108 valence electrons. The van der Waals surface area contributed by atoms with Crippen LogP contribution in [-0.2, 0) is 10.0 Å². The average molecular weight is 299 g/mol. The molecule has 1 aromatic heterocycles. The topological polar surface area (TPSA) is 79.5 Å². The van der Waals surface area contributed by atoms with Crippen molar-refractivity contribution in [3.63, 3.8) is 0 Å². The Kier molecular flexibility index (Phi) is 4.53. The summed E-state index contributed by atoms with van der Waals surface area (Å²) in [4.78, 5) is -0.148. The molecule has 0 aliphatic rings. The van der Waals surface area contributed by atoms with E-state index in [1.54, 1.807) is 12.1 Å². The number of furan rings is 1. The molecule has 0 fully saturated rings. The lowest BCUT2D eigenvalue weighted by atomic mass is 10.2. The first-order valence-corrected chi connectivity index (χ1v) is 7.44. The first-order chi connectivity index (χ1) is 9.49. The zero-order chi connectivity index (χ0) is 14.6. The number of aliphatic hydroxyl groups is 1. The summed E-state index contributed by atoms with van der Waals surface area (Å²) in [5.74, 6) is -0.251. The number of rotatable bonds is 6. The number of halogens is 1. The van der Waals surface area contributed by atoms with Crippen LogP contribution in [0.5, 0.6) is 0 Å². The van der Waals surface area contributed by atoms with Crippen LogP contribution < -0.4 is 4.72 Å². The van der Waals surface area contributed by atoms with Crippen molar-refractivity contribution in [2.75, 3.05) is 6.54 Å². The number of benzene rings is 1. The van der Waals surface area contributed by atoms with Crippen LogP contribution in [0, 0.1) is 5.82 Å². The van der Waals surface area contributed by atoms with E-state index in [9.17, 15) is 17.9 Å². The van der Waals surface area contributed by atoms with Gasteiger partial charge in [-0.15, -0.1) is 0 Å². The van der Waals surface area contributed by atoms with Crippen molar-refractivity contribution < 1.29 is 22.3 Å². The maximum absolute atomic E-state index is 13.0. The molecule has 1 aromatic carbocycles. The summed E-state index contributed by atoms with van der Waals surface area (Å²) in [6, 6.07) is 7.96. The van der Waals surface area contributed by atoms with Gasteiger partial charge in [-0.05, 0) is 36.8 Å². The summed E-state index contributed by atoms with van der Waals surface area (Å²) in [5, 5.41) is 9.73. The van der Waals surface area contributed by atoms with Crippen molar-refractivity contribution in [1.29, 1.82) is 0 Å². The molecule has 2 N–H and O–H groups in total. The predicted molar refractivity (Wildman–Crippen MR) is 69.9 cm³/mol. The standard InChI is InChI=1S/C13H14FNO4S/c14-10-3-1-4-11(9-10)20(17,18)15-7-6-12(16)13-5-2-8-19-13/h1-5,8-9,12,15-16H,6-7H2. The van der Waals surface area contributed by atoms with Crippen molar-refractivity contribution >= 4 is 10.0 Å². The number of hydrogen-bond acceptors (Lipinski definition) is 4. The van der Waals surface area contributed by atoms with Crippen LogP contribution in [0.2, 0.25) is 0 Å². The van der Waals surface area contributed by atoms with Gasteiger partial charge in [-0.25, -0.2) is 17.5 Å². The van der Waals surface area contributed by atoms with Crippen molar-refractivity contribution in [2.45, 2.75) is 17.4 Å². The van der Waals surface area contributed by atoms with Crippen LogP contribution in [0.15, 0.2) is 52.0 Å². The minimum atomic E-state index is -3.78. The lowest BCUT2D eigenvalue weighted by Crippen LogP contribution is -2.26. The SMILES string of the molecule is O=S(=O)(NCCC(O)c1ccco1)c1cccc(F)c1. The highest BCUT2D eigenvalue weighted by Crippen LogP contribution is 2.16. The predicted octanol–water partition coefficient (Wildman–Crippen LogP) is 1.82. The number of aliphatic hydroxyl groups excluding tert-OH is 1. The molecule has 0 aliphatic carbocycles. The normalized spacial score (nSPS) is 13.3. The zero-order valence-corrected chi connectivity index (χ0v) is 11.3. The third-order valence-corrected chi connectivity index (χ3v) is 4.15. The van der Waals surface area contributed by atoms with Gasteiger partial charge in [-0.1, -0.05) is 6.07 Å². The third-order valence-electron chi connectivity index (χ3n) is 2.69. The van der Waals surface area contributed by atoms with E-state index in [0.717, 1.165) is 6.07 Å². The zero-order valence-electron chi connectivity index (χ0n) is 10.5. The maximum atomic E-state index is 13.0. The van der Waals surface area contributed by atoms with Gasteiger partial charge in [-0.2, -0.15) is 0 Å². The van der Waals surface area contributed by atoms with E-state index < -0.39 is 21.9 Å². The van der Waals surface area contributed by atoms with Crippen molar-refractivity contribution in [2.24, 2.45) is 0 Å². The molecule has 2 rings (SSSR count). The minimum Gasteiger partial charge on any atom is -0.467 e. The third kappa shape index (κ3) is 3.66. The molecule has 2 aromatic rings. The smallest absolute Gasteiger partial charge is 0.240 e. The second-order valence-electron chi connectivity index (χ2n) is 4.18. The molecule has 1 unspecified atom stereocenters. The first kappa shape index (κ1) is 14.7. The van der Waals surface area contributed by atoms with Crippen LogP contribution in [0.1, 0.15) is 18.3 Å². The Morgan fingerprint density at radius 1 is 1.30 bits per heavy atom. The Balaban J connectivity index is 1.93. The van der Waals surface area contributed by atoms with Crippen LogP contribution >= 0.6 is 0 Å². The molecule has 0 aliphatic heterocycles. The van der Waals surface area contributed by atoms with E-state index in [1.165, 1.54) is 24.5 Å². The average Bonchev–Trinajstić information content (AvgIpc) is 2.92. The first-order valence-electron chi connectivity index (χ1n) is 5.96. The Morgan fingerprint density at radius 2 is 2.10 bits per heavy atom. The highest BCUT2D eigenvalue weighted by molar-refractivity contribution is 7.89. The second kappa shape index (κ2) is 6.17. The second-order valence-corrected chi connectivity index (χ2v) is 5.94. The van der Waals surface area contributed by atoms with Crippen LogP contribution in [0.25, 0.3) is 0 Å². The fourth-order valence-corrected chi connectivity index (χ4v) is 2.75. The Morgan fingerprint density at radius 3 is 2.75 bits per heavy atom. The largest absolute Gasteiger partial charge is 0.467 e. The molecule has 0 amide bonds. The van der Waals surface area contributed by atoms with Gasteiger partial charge in [0, 0.05) is 6.54 Å². The highest BCUT2D eigenvalue weighted by atomic mass is 32.2. The van der Waals surface area contributed by atoms with Crippen LogP contribution in [0.4, 0.5) is 4.39 Å². The summed E-state index contributed by atoms with van der Waals surface area (Å²) in [7, 11) is -3.78.